The molecule has 17 heavy (non-hydrogen) atoms. The fraction of sp³-hybridized carbons (Fsp3) is 0.273. The summed E-state index contributed by atoms with van der Waals surface area (Å²) in [6.45, 7) is 0.333. The van der Waals surface area contributed by atoms with Crippen LogP contribution >= 0.6 is 0 Å². The third-order valence-corrected chi connectivity index (χ3v) is 2.27. The van der Waals surface area contributed by atoms with E-state index >= 15 is 0 Å². The van der Waals surface area contributed by atoms with Gasteiger partial charge in [0.25, 0.3) is 0 Å². The molecule has 2 amide bonds. The fourth-order valence-corrected chi connectivity index (χ4v) is 1.45. The number of benzene rings is 1. The molecule has 0 saturated carbocycles. The zero-order valence-corrected chi connectivity index (χ0v) is 9.09. The highest BCUT2D eigenvalue weighted by Crippen LogP contribution is 2.13. The van der Waals surface area contributed by atoms with E-state index in [2.05, 4.69) is 10.6 Å². The highest BCUT2D eigenvalue weighted by Gasteiger charge is 2.13. The predicted molar refractivity (Wildman–Crippen MR) is 61.2 cm³/mol. The van der Waals surface area contributed by atoms with Crippen LogP contribution in [0.5, 0.6) is 0 Å². The molecular formula is C11H14N2O4. The SMILES string of the molecule is O=C(O)NCC(CNC(=O)O)c1ccccc1. The second kappa shape index (κ2) is 6.37. The van der Waals surface area contributed by atoms with E-state index in [9.17, 15) is 9.59 Å². The smallest absolute Gasteiger partial charge is 0.404 e. The lowest BCUT2D eigenvalue weighted by Crippen LogP contribution is -2.34. The van der Waals surface area contributed by atoms with Gasteiger partial charge in [-0.05, 0) is 5.56 Å². The van der Waals surface area contributed by atoms with Crippen molar-refractivity contribution < 1.29 is 19.8 Å². The Morgan fingerprint density at radius 2 is 1.47 bits per heavy atom. The molecule has 0 saturated heterocycles. The van der Waals surface area contributed by atoms with Gasteiger partial charge >= 0.3 is 12.2 Å². The van der Waals surface area contributed by atoms with Crippen molar-refractivity contribution >= 4 is 12.2 Å². The first kappa shape index (κ1) is 12.8. The van der Waals surface area contributed by atoms with Gasteiger partial charge in [0.2, 0.25) is 0 Å². The molecule has 6 heteroatoms. The Morgan fingerprint density at radius 3 is 1.88 bits per heavy atom. The van der Waals surface area contributed by atoms with E-state index in [4.69, 9.17) is 10.2 Å². The summed E-state index contributed by atoms with van der Waals surface area (Å²) in [4.78, 5) is 20.9. The first-order valence-electron chi connectivity index (χ1n) is 5.08. The van der Waals surface area contributed by atoms with E-state index < -0.39 is 12.2 Å². The number of hydrogen-bond donors (Lipinski definition) is 4. The van der Waals surface area contributed by atoms with Crippen LogP contribution in [0.1, 0.15) is 11.5 Å². The van der Waals surface area contributed by atoms with E-state index in [1.807, 2.05) is 30.3 Å². The second-order valence-corrected chi connectivity index (χ2v) is 3.48. The lowest BCUT2D eigenvalue weighted by atomic mass is 9.99. The van der Waals surface area contributed by atoms with Crippen molar-refractivity contribution in [3.8, 4) is 0 Å². The number of hydrogen-bond acceptors (Lipinski definition) is 2. The third kappa shape index (κ3) is 4.87. The molecule has 1 aromatic carbocycles. The molecule has 0 aliphatic heterocycles. The normalized spacial score (nSPS) is 9.94. The predicted octanol–water partition coefficient (Wildman–Crippen LogP) is 1.31. The van der Waals surface area contributed by atoms with Crippen molar-refractivity contribution in [3.63, 3.8) is 0 Å². The molecule has 0 aliphatic rings. The van der Waals surface area contributed by atoms with Crippen LogP contribution in [0.25, 0.3) is 0 Å². The Morgan fingerprint density at radius 1 is 1.00 bits per heavy atom. The minimum atomic E-state index is -1.12. The van der Waals surface area contributed by atoms with Gasteiger partial charge in [0.1, 0.15) is 0 Å². The van der Waals surface area contributed by atoms with Crippen LogP contribution in [-0.4, -0.2) is 35.5 Å². The first-order valence-corrected chi connectivity index (χ1v) is 5.08. The zero-order chi connectivity index (χ0) is 12.7. The Labute approximate surface area is 98.3 Å². The van der Waals surface area contributed by atoms with Crippen molar-refractivity contribution in [3.05, 3.63) is 35.9 Å². The molecule has 0 bridgehead atoms. The topological polar surface area (TPSA) is 98.7 Å². The molecule has 1 rings (SSSR count). The van der Waals surface area contributed by atoms with Crippen LogP contribution in [-0.2, 0) is 0 Å². The summed E-state index contributed by atoms with van der Waals surface area (Å²) >= 11 is 0. The van der Waals surface area contributed by atoms with Crippen LogP contribution in [0, 0.1) is 0 Å². The van der Waals surface area contributed by atoms with Crippen LogP contribution in [0.3, 0.4) is 0 Å². The molecular weight excluding hydrogens is 224 g/mol. The quantitative estimate of drug-likeness (QED) is 0.621. The van der Waals surface area contributed by atoms with Crippen LogP contribution in [0.15, 0.2) is 30.3 Å². The monoisotopic (exact) mass is 238 g/mol. The summed E-state index contributed by atoms with van der Waals surface area (Å²) in [5.41, 5.74) is 0.884. The first-order chi connectivity index (χ1) is 8.09. The summed E-state index contributed by atoms with van der Waals surface area (Å²) in [7, 11) is 0. The fourth-order valence-electron chi connectivity index (χ4n) is 1.45. The van der Waals surface area contributed by atoms with Gasteiger partial charge < -0.3 is 20.8 Å². The van der Waals surface area contributed by atoms with Crippen molar-refractivity contribution in [2.45, 2.75) is 5.92 Å². The summed E-state index contributed by atoms with van der Waals surface area (Å²) in [5, 5.41) is 21.6. The molecule has 0 radical (unpaired) electrons. The van der Waals surface area contributed by atoms with Gasteiger partial charge in [0, 0.05) is 19.0 Å². The largest absolute Gasteiger partial charge is 0.465 e. The Kier molecular flexibility index (Phi) is 4.80. The number of nitrogens with one attached hydrogen (secondary N) is 2. The average Bonchev–Trinajstić information content (AvgIpc) is 2.29. The van der Waals surface area contributed by atoms with Crippen molar-refractivity contribution in [1.29, 1.82) is 0 Å². The van der Waals surface area contributed by atoms with E-state index in [0.717, 1.165) is 5.56 Å². The number of carbonyl (C=O) groups is 2. The Balaban J connectivity index is 2.64. The van der Waals surface area contributed by atoms with E-state index in [-0.39, 0.29) is 19.0 Å². The maximum absolute atomic E-state index is 10.4. The molecule has 4 N–H and O–H groups in total. The number of carboxylic acid groups (broad SMARTS) is 2. The molecule has 0 spiro atoms. The minimum absolute atomic E-state index is 0.166. The van der Waals surface area contributed by atoms with E-state index in [1.54, 1.807) is 0 Å². The maximum atomic E-state index is 10.4. The summed E-state index contributed by atoms with van der Waals surface area (Å²) < 4.78 is 0. The van der Waals surface area contributed by atoms with Crippen molar-refractivity contribution in [1.82, 2.24) is 10.6 Å². The molecule has 0 aliphatic carbocycles. The summed E-state index contributed by atoms with van der Waals surface area (Å²) in [5.74, 6) is -0.219. The molecule has 6 nitrogen and oxygen atoms in total. The second-order valence-electron chi connectivity index (χ2n) is 3.48. The van der Waals surface area contributed by atoms with Gasteiger partial charge in [-0.1, -0.05) is 30.3 Å². The maximum Gasteiger partial charge on any atom is 0.404 e. The van der Waals surface area contributed by atoms with Gasteiger partial charge in [-0.2, -0.15) is 0 Å². The van der Waals surface area contributed by atoms with Crippen LogP contribution < -0.4 is 10.6 Å². The van der Waals surface area contributed by atoms with Gasteiger partial charge in [0.05, 0.1) is 0 Å². The third-order valence-electron chi connectivity index (χ3n) is 2.27. The van der Waals surface area contributed by atoms with Gasteiger partial charge in [-0.3, -0.25) is 0 Å². The molecule has 0 fully saturated rings. The number of rotatable bonds is 5. The van der Waals surface area contributed by atoms with E-state index in [0.29, 0.717) is 0 Å². The van der Waals surface area contributed by atoms with Crippen LogP contribution in [0.4, 0.5) is 9.59 Å². The molecule has 1 aromatic rings. The standard InChI is InChI=1S/C11H14N2O4/c14-10(15)12-6-9(7-13-11(16)17)8-4-2-1-3-5-8/h1-5,9,12-13H,6-7H2,(H,14,15)(H,16,17). The molecule has 0 aromatic heterocycles. The van der Waals surface area contributed by atoms with Crippen molar-refractivity contribution in [2.75, 3.05) is 13.1 Å². The van der Waals surface area contributed by atoms with Gasteiger partial charge in [-0.15, -0.1) is 0 Å². The Bertz CT molecular complexity index is 362. The van der Waals surface area contributed by atoms with Gasteiger partial charge in [-0.25, -0.2) is 9.59 Å². The van der Waals surface area contributed by atoms with Gasteiger partial charge in [0.15, 0.2) is 0 Å². The molecule has 0 atom stereocenters. The van der Waals surface area contributed by atoms with E-state index in [1.165, 1.54) is 0 Å². The molecule has 0 heterocycles. The van der Waals surface area contributed by atoms with Crippen LogP contribution in [0.2, 0.25) is 0 Å². The zero-order valence-electron chi connectivity index (χ0n) is 9.09. The average molecular weight is 238 g/mol. The summed E-state index contributed by atoms with van der Waals surface area (Å²) in [6.07, 6.45) is -2.25. The lowest BCUT2D eigenvalue weighted by Gasteiger charge is -2.16. The lowest BCUT2D eigenvalue weighted by molar-refractivity contribution is 0.191. The minimum Gasteiger partial charge on any atom is -0.465 e. The Hall–Kier alpha value is -2.24. The molecule has 92 valence electrons. The molecule has 0 unspecified atom stereocenters. The highest BCUT2D eigenvalue weighted by molar-refractivity contribution is 5.65. The highest BCUT2D eigenvalue weighted by atomic mass is 16.4. The van der Waals surface area contributed by atoms with Crippen molar-refractivity contribution in [2.24, 2.45) is 0 Å². The summed E-state index contributed by atoms with van der Waals surface area (Å²) in [6, 6.07) is 9.15. The number of amides is 2.